The minimum Gasteiger partial charge on any atom is -0.322 e. The van der Waals surface area contributed by atoms with Crippen LogP contribution in [0.15, 0.2) is 36.4 Å². The van der Waals surface area contributed by atoms with E-state index >= 15 is 0 Å². The maximum Gasteiger partial charge on any atom is 0.260 e. The van der Waals surface area contributed by atoms with E-state index in [1.165, 1.54) is 23.8 Å². The quantitative estimate of drug-likeness (QED) is 0.893. The van der Waals surface area contributed by atoms with Gasteiger partial charge in [0.2, 0.25) is 0 Å². The first-order valence-corrected chi connectivity index (χ1v) is 7.11. The Morgan fingerprint density at radius 3 is 2.86 bits per heavy atom. The highest BCUT2D eigenvalue weighted by molar-refractivity contribution is 6.34. The Morgan fingerprint density at radius 1 is 1.24 bits per heavy atom. The molecule has 5 heteroatoms. The van der Waals surface area contributed by atoms with Gasteiger partial charge in [-0.3, -0.25) is 4.79 Å². The number of carbonyl (C=O) groups is 1. The predicted molar refractivity (Wildman–Crippen MR) is 81.2 cm³/mol. The fourth-order valence-corrected chi connectivity index (χ4v) is 2.78. The first kappa shape index (κ1) is 14.0. The number of carbonyl (C=O) groups excluding carboxylic acids is 1. The Balaban J connectivity index is 1.92. The summed E-state index contributed by atoms with van der Waals surface area (Å²) in [7, 11) is 0. The highest BCUT2D eigenvalue weighted by atomic mass is 35.5. The zero-order valence-corrected chi connectivity index (χ0v) is 12.0. The van der Waals surface area contributed by atoms with Gasteiger partial charge in [-0.2, -0.15) is 0 Å². The average Bonchev–Trinajstić information content (AvgIpc) is 2.47. The fraction of sp³-hybridized carbons (Fsp3) is 0.188. The van der Waals surface area contributed by atoms with Crippen molar-refractivity contribution in [1.82, 2.24) is 5.32 Å². The van der Waals surface area contributed by atoms with Gasteiger partial charge in [-0.15, -0.1) is 0 Å². The van der Waals surface area contributed by atoms with Crippen molar-refractivity contribution in [2.75, 3.05) is 11.9 Å². The molecule has 1 aliphatic rings. The molecule has 0 atom stereocenters. The highest BCUT2D eigenvalue weighted by Crippen LogP contribution is 2.25. The summed E-state index contributed by atoms with van der Waals surface area (Å²) in [5.74, 6) is -1.15. The SMILES string of the molecule is O=C(Nc1cccc2c1CNCC2)c1c(F)cccc1Cl. The lowest BCUT2D eigenvalue weighted by Crippen LogP contribution is -2.25. The predicted octanol–water partition coefficient (Wildman–Crippen LogP) is 3.38. The molecule has 2 aromatic rings. The van der Waals surface area contributed by atoms with E-state index in [4.69, 9.17) is 11.6 Å². The lowest BCUT2D eigenvalue weighted by Gasteiger charge is -2.20. The van der Waals surface area contributed by atoms with Crippen LogP contribution in [0.5, 0.6) is 0 Å². The molecule has 0 unspecified atom stereocenters. The Labute approximate surface area is 127 Å². The number of halogens is 2. The second-order valence-corrected chi connectivity index (χ2v) is 5.33. The number of hydrogen-bond acceptors (Lipinski definition) is 2. The number of fused-ring (bicyclic) bond motifs is 1. The number of rotatable bonds is 2. The van der Waals surface area contributed by atoms with Crippen molar-refractivity contribution >= 4 is 23.2 Å². The van der Waals surface area contributed by atoms with Gasteiger partial charge in [-0.25, -0.2) is 4.39 Å². The minimum atomic E-state index is -0.622. The Kier molecular flexibility index (Phi) is 3.90. The summed E-state index contributed by atoms with van der Waals surface area (Å²) >= 11 is 5.92. The van der Waals surface area contributed by atoms with Gasteiger partial charge in [0.1, 0.15) is 5.82 Å². The van der Waals surface area contributed by atoms with Gasteiger partial charge in [-0.05, 0) is 42.3 Å². The largest absolute Gasteiger partial charge is 0.322 e. The summed E-state index contributed by atoms with van der Waals surface area (Å²) in [4.78, 5) is 12.3. The Hall–Kier alpha value is -1.91. The van der Waals surface area contributed by atoms with Gasteiger partial charge in [0, 0.05) is 12.2 Å². The topological polar surface area (TPSA) is 41.1 Å². The molecule has 0 saturated carbocycles. The molecule has 108 valence electrons. The molecule has 0 saturated heterocycles. The summed E-state index contributed by atoms with van der Waals surface area (Å²) in [6.07, 6.45) is 0.916. The monoisotopic (exact) mass is 304 g/mol. The van der Waals surface area contributed by atoms with E-state index in [2.05, 4.69) is 10.6 Å². The number of benzene rings is 2. The standard InChI is InChI=1S/C16H14ClFN2O/c17-12-4-2-5-13(18)15(12)16(21)20-14-6-1-3-10-7-8-19-9-11(10)14/h1-6,19H,7-9H2,(H,20,21). The van der Waals surface area contributed by atoms with Gasteiger partial charge in [0.05, 0.1) is 10.6 Å². The number of nitrogens with one attached hydrogen (secondary N) is 2. The van der Waals surface area contributed by atoms with Crippen molar-refractivity contribution in [3.8, 4) is 0 Å². The van der Waals surface area contributed by atoms with Crippen molar-refractivity contribution in [1.29, 1.82) is 0 Å². The maximum atomic E-state index is 13.8. The van der Waals surface area contributed by atoms with Gasteiger partial charge in [0.25, 0.3) is 5.91 Å². The molecule has 0 radical (unpaired) electrons. The summed E-state index contributed by atoms with van der Waals surface area (Å²) in [5.41, 5.74) is 2.82. The number of amides is 1. The zero-order chi connectivity index (χ0) is 14.8. The molecule has 0 spiro atoms. The Bertz CT molecular complexity index is 682. The maximum absolute atomic E-state index is 13.8. The van der Waals surface area contributed by atoms with Crippen LogP contribution < -0.4 is 10.6 Å². The van der Waals surface area contributed by atoms with E-state index in [9.17, 15) is 9.18 Å². The lowest BCUT2D eigenvalue weighted by molar-refractivity contribution is 0.102. The van der Waals surface area contributed by atoms with Crippen LogP contribution in [0.3, 0.4) is 0 Å². The molecule has 1 heterocycles. The molecule has 3 rings (SSSR count). The second kappa shape index (κ2) is 5.84. The van der Waals surface area contributed by atoms with Crippen LogP contribution in [-0.4, -0.2) is 12.5 Å². The van der Waals surface area contributed by atoms with Crippen LogP contribution in [0.1, 0.15) is 21.5 Å². The van der Waals surface area contributed by atoms with Crippen molar-refractivity contribution in [3.05, 3.63) is 63.9 Å². The van der Waals surface area contributed by atoms with Gasteiger partial charge in [-0.1, -0.05) is 29.8 Å². The third kappa shape index (κ3) is 2.77. The van der Waals surface area contributed by atoms with Crippen LogP contribution in [0.25, 0.3) is 0 Å². The molecule has 1 aliphatic heterocycles. The molecular weight excluding hydrogens is 291 g/mol. The van der Waals surface area contributed by atoms with Crippen molar-refractivity contribution in [2.24, 2.45) is 0 Å². The number of anilines is 1. The van der Waals surface area contributed by atoms with Crippen LogP contribution in [0, 0.1) is 5.82 Å². The molecule has 2 aromatic carbocycles. The van der Waals surface area contributed by atoms with Gasteiger partial charge in [0.15, 0.2) is 0 Å². The molecule has 0 aliphatic carbocycles. The smallest absolute Gasteiger partial charge is 0.260 e. The molecule has 3 nitrogen and oxygen atoms in total. The molecular formula is C16H14ClFN2O. The normalized spacial score (nSPS) is 13.6. The average molecular weight is 305 g/mol. The molecule has 2 N–H and O–H groups in total. The van der Waals surface area contributed by atoms with E-state index < -0.39 is 11.7 Å². The van der Waals surface area contributed by atoms with Gasteiger partial charge >= 0.3 is 0 Å². The third-order valence-electron chi connectivity index (χ3n) is 3.58. The van der Waals surface area contributed by atoms with Gasteiger partial charge < -0.3 is 10.6 Å². The van der Waals surface area contributed by atoms with Crippen molar-refractivity contribution in [2.45, 2.75) is 13.0 Å². The lowest BCUT2D eigenvalue weighted by atomic mass is 9.99. The van der Waals surface area contributed by atoms with Crippen LogP contribution in [0.4, 0.5) is 10.1 Å². The van der Waals surface area contributed by atoms with E-state index in [-0.39, 0.29) is 10.6 Å². The fourth-order valence-electron chi connectivity index (χ4n) is 2.53. The zero-order valence-electron chi connectivity index (χ0n) is 11.2. The molecule has 0 bridgehead atoms. The van der Waals surface area contributed by atoms with Crippen molar-refractivity contribution < 1.29 is 9.18 Å². The van der Waals surface area contributed by atoms with E-state index in [0.29, 0.717) is 12.2 Å². The van der Waals surface area contributed by atoms with Crippen LogP contribution in [0.2, 0.25) is 5.02 Å². The summed E-state index contributed by atoms with van der Waals surface area (Å²) in [6, 6.07) is 9.95. The highest BCUT2D eigenvalue weighted by Gasteiger charge is 2.18. The Morgan fingerprint density at radius 2 is 2.05 bits per heavy atom. The molecule has 0 fully saturated rings. The summed E-state index contributed by atoms with van der Waals surface area (Å²) in [5, 5.41) is 6.14. The van der Waals surface area contributed by atoms with Crippen LogP contribution >= 0.6 is 11.6 Å². The van der Waals surface area contributed by atoms with Crippen LogP contribution in [-0.2, 0) is 13.0 Å². The molecule has 1 amide bonds. The second-order valence-electron chi connectivity index (χ2n) is 4.92. The summed E-state index contributed by atoms with van der Waals surface area (Å²) < 4.78 is 13.8. The van der Waals surface area contributed by atoms with E-state index in [1.54, 1.807) is 0 Å². The number of hydrogen-bond donors (Lipinski definition) is 2. The molecule has 0 aromatic heterocycles. The van der Waals surface area contributed by atoms with E-state index in [1.807, 2.05) is 18.2 Å². The third-order valence-corrected chi connectivity index (χ3v) is 3.90. The van der Waals surface area contributed by atoms with E-state index in [0.717, 1.165) is 18.5 Å². The minimum absolute atomic E-state index is 0.107. The van der Waals surface area contributed by atoms with Crippen molar-refractivity contribution in [3.63, 3.8) is 0 Å². The molecule has 21 heavy (non-hydrogen) atoms. The first-order chi connectivity index (χ1) is 10.2. The first-order valence-electron chi connectivity index (χ1n) is 6.73. The summed E-state index contributed by atoms with van der Waals surface area (Å²) in [6.45, 7) is 1.61.